The van der Waals surface area contributed by atoms with Crippen molar-refractivity contribution in [2.45, 2.75) is 25.9 Å². The second-order valence-electron chi connectivity index (χ2n) is 6.35. The summed E-state index contributed by atoms with van der Waals surface area (Å²) >= 11 is 0. The van der Waals surface area contributed by atoms with Crippen molar-refractivity contribution in [3.63, 3.8) is 0 Å². The summed E-state index contributed by atoms with van der Waals surface area (Å²) in [6.45, 7) is 5.72. The van der Waals surface area contributed by atoms with E-state index in [0.717, 1.165) is 4.90 Å². The molecule has 29 heavy (non-hydrogen) atoms. The lowest BCUT2D eigenvalue weighted by Crippen LogP contribution is -2.35. The molecule has 1 rings (SSSR count). The van der Waals surface area contributed by atoms with Crippen molar-refractivity contribution >= 4 is 17.7 Å². The molecule has 166 valence electrons. The number of nitrogens with zero attached hydrogens (tertiary/aromatic N) is 1. The van der Waals surface area contributed by atoms with Gasteiger partial charge in [-0.25, -0.2) is 0 Å². The third-order valence-corrected chi connectivity index (χ3v) is 3.83. The standard InChI is InChI=1S/C19H32N2O8/c1-16(22)5-8-26-10-12-28-14-15-29-13-11-27-9-6-20-17(23)4-7-21-18(24)2-3-19(21)25/h2-3,16,22H,4-15H2,1H3,(H,20,23). The SMILES string of the molecule is CC(O)CCOCCOCCOCCOCCNC(=O)CCN1C(=O)C=CC1=O. The molecule has 1 aliphatic heterocycles. The topological polar surface area (TPSA) is 124 Å². The highest BCUT2D eigenvalue weighted by Gasteiger charge is 2.23. The number of carbonyl (C=O) groups is 3. The van der Waals surface area contributed by atoms with Crippen molar-refractivity contribution in [1.29, 1.82) is 0 Å². The van der Waals surface area contributed by atoms with Gasteiger partial charge in [-0.15, -0.1) is 0 Å². The third-order valence-electron chi connectivity index (χ3n) is 3.83. The Balaban J connectivity index is 1.79. The van der Waals surface area contributed by atoms with Crippen molar-refractivity contribution in [1.82, 2.24) is 10.2 Å². The van der Waals surface area contributed by atoms with E-state index in [4.69, 9.17) is 24.1 Å². The van der Waals surface area contributed by atoms with Crippen LogP contribution in [0, 0.1) is 0 Å². The predicted octanol–water partition coefficient (Wildman–Crippen LogP) is -0.745. The summed E-state index contributed by atoms with van der Waals surface area (Å²) in [6.07, 6.45) is 2.72. The van der Waals surface area contributed by atoms with E-state index < -0.39 is 11.8 Å². The lowest BCUT2D eigenvalue weighted by Gasteiger charge is -2.13. The molecule has 0 aromatic carbocycles. The lowest BCUT2D eigenvalue weighted by atomic mass is 10.3. The van der Waals surface area contributed by atoms with E-state index in [9.17, 15) is 14.4 Å². The number of rotatable bonds is 18. The van der Waals surface area contributed by atoms with Gasteiger partial charge in [-0.2, -0.15) is 0 Å². The number of hydrogen-bond donors (Lipinski definition) is 2. The molecule has 0 saturated heterocycles. The first-order valence-corrected chi connectivity index (χ1v) is 9.80. The summed E-state index contributed by atoms with van der Waals surface area (Å²) < 4.78 is 21.3. The number of aliphatic hydroxyl groups excluding tert-OH is 1. The molecule has 0 bridgehead atoms. The average molecular weight is 416 g/mol. The van der Waals surface area contributed by atoms with E-state index in [1.165, 1.54) is 12.2 Å². The Morgan fingerprint density at radius 1 is 0.931 bits per heavy atom. The molecular formula is C19H32N2O8. The number of hydrogen-bond acceptors (Lipinski definition) is 8. The number of ether oxygens (including phenoxy) is 4. The highest BCUT2D eigenvalue weighted by Crippen LogP contribution is 2.03. The average Bonchev–Trinajstić information content (AvgIpc) is 3.00. The van der Waals surface area contributed by atoms with Crippen LogP contribution in [-0.4, -0.2) is 99.8 Å². The molecule has 1 heterocycles. The van der Waals surface area contributed by atoms with E-state index in [1.807, 2.05) is 0 Å². The van der Waals surface area contributed by atoms with E-state index in [0.29, 0.717) is 65.8 Å². The van der Waals surface area contributed by atoms with Crippen LogP contribution in [0.5, 0.6) is 0 Å². The van der Waals surface area contributed by atoms with Crippen molar-refractivity contribution in [3.8, 4) is 0 Å². The molecule has 2 N–H and O–H groups in total. The predicted molar refractivity (Wildman–Crippen MR) is 103 cm³/mol. The Kier molecular flexibility index (Phi) is 13.9. The van der Waals surface area contributed by atoms with Crippen molar-refractivity contribution in [3.05, 3.63) is 12.2 Å². The second kappa shape index (κ2) is 16.0. The summed E-state index contributed by atoms with van der Waals surface area (Å²) in [7, 11) is 0. The van der Waals surface area contributed by atoms with Crippen LogP contribution in [0.1, 0.15) is 19.8 Å². The molecule has 3 amide bonds. The Hall–Kier alpha value is -1.85. The molecule has 1 aliphatic rings. The Morgan fingerprint density at radius 3 is 1.93 bits per heavy atom. The van der Waals surface area contributed by atoms with Gasteiger partial charge in [0.25, 0.3) is 11.8 Å². The van der Waals surface area contributed by atoms with Gasteiger partial charge in [0.1, 0.15) is 0 Å². The molecule has 0 aromatic heterocycles. The summed E-state index contributed by atoms with van der Waals surface area (Å²) in [6, 6.07) is 0. The smallest absolute Gasteiger partial charge is 0.253 e. The number of carbonyl (C=O) groups excluding carboxylic acids is 3. The largest absolute Gasteiger partial charge is 0.393 e. The fourth-order valence-electron chi connectivity index (χ4n) is 2.23. The maximum atomic E-state index is 11.7. The van der Waals surface area contributed by atoms with Crippen LogP contribution in [0.15, 0.2) is 12.2 Å². The normalized spacial score (nSPS) is 14.6. The van der Waals surface area contributed by atoms with E-state index in [1.54, 1.807) is 6.92 Å². The summed E-state index contributed by atoms with van der Waals surface area (Å²) in [5.41, 5.74) is 0. The fourth-order valence-corrected chi connectivity index (χ4v) is 2.23. The van der Waals surface area contributed by atoms with Crippen molar-refractivity contribution in [2.75, 3.05) is 65.9 Å². The monoisotopic (exact) mass is 416 g/mol. The zero-order valence-corrected chi connectivity index (χ0v) is 17.0. The molecule has 0 radical (unpaired) electrons. The van der Waals surface area contributed by atoms with Gasteiger partial charge in [-0.05, 0) is 13.3 Å². The fraction of sp³-hybridized carbons (Fsp3) is 0.737. The van der Waals surface area contributed by atoms with Crippen LogP contribution in [-0.2, 0) is 33.3 Å². The number of aliphatic hydroxyl groups is 1. The first-order valence-electron chi connectivity index (χ1n) is 9.80. The molecule has 0 aliphatic carbocycles. The Labute approximate surface area is 171 Å². The van der Waals surface area contributed by atoms with Gasteiger partial charge in [-0.3, -0.25) is 19.3 Å². The van der Waals surface area contributed by atoms with Gasteiger partial charge in [0.05, 0.1) is 52.4 Å². The summed E-state index contributed by atoms with van der Waals surface area (Å²) in [5, 5.41) is 11.7. The maximum absolute atomic E-state index is 11.7. The summed E-state index contributed by atoms with van der Waals surface area (Å²) in [5.74, 6) is -1.03. The molecule has 1 unspecified atom stereocenters. The highest BCUT2D eigenvalue weighted by atomic mass is 16.6. The van der Waals surface area contributed by atoms with Crippen LogP contribution in [0.4, 0.5) is 0 Å². The molecular weight excluding hydrogens is 384 g/mol. The van der Waals surface area contributed by atoms with Gasteiger partial charge in [0.2, 0.25) is 5.91 Å². The number of imide groups is 1. The third kappa shape index (κ3) is 13.1. The number of nitrogens with one attached hydrogen (secondary N) is 1. The minimum Gasteiger partial charge on any atom is -0.393 e. The van der Waals surface area contributed by atoms with Crippen LogP contribution in [0.2, 0.25) is 0 Å². The van der Waals surface area contributed by atoms with Crippen molar-refractivity contribution in [2.24, 2.45) is 0 Å². The molecule has 0 aromatic rings. The van der Waals surface area contributed by atoms with Crippen LogP contribution < -0.4 is 5.32 Å². The van der Waals surface area contributed by atoms with Gasteiger partial charge in [0, 0.05) is 38.3 Å². The number of amides is 3. The quantitative estimate of drug-likeness (QED) is 0.221. The van der Waals surface area contributed by atoms with Gasteiger partial charge >= 0.3 is 0 Å². The Bertz CT molecular complexity index is 506. The second-order valence-corrected chi connectivity index (χ2v) is 6.35. The lowest BCUT2D eigenvalue weighted by molar-refractivity contribution is -0.137. The van der Waals surface area contributed by atoms with Crippen LogP contribution in [0.3, 0.4) is 0 Å². The Morgan fingerprint density at radius 2 is 1.41 bits per heavy atom. The van der Waals surface area contributed by atoms with E-state index >= 15 is 0 Å². The molecule has 1 atom stereocenters. The minimum atomic E-state index is -0.391. The van der Waals surface area contributed by atoms with Gasteiger partial charge in [-0.1, -0.05) is 0 Å². The van der Waals surface area contributed by atoms with Crippen molar-refractivity contribution < 1.29 is 38.4 Å². The zero-order chi connectivity index (χ0) is 21.3. The molecule has 10 nitrogen and oxygen atoms in total. The molecule has 0 saturated carbocycles. The first-order chi connectivity index (χ1) is 14.0. The van der Waals surface area contributed by atoms with E-state index in [-0.39, 0.29) is 25.0 Å². The molecule has 10 heteroatoms. The molecule has 0 fully saturated rings. The minimum absolute atomic E-state index is 0.0634. The summed E-state index contributed by atoms with van der Waals surface area (Å²) in [4.78, 5) is 35.4. The van der Waals surface area contributed by atoms with Crippen LogP contribution >= 0.6 is 0 Å². The highest BCUT2D eigenvalue weighted by molar-refractivity contribution is 6.13. The zero-order valence-electron chi connectivity index (χ0n) is 17.0. The van der Waals surface area contributed by atoms with E-state index in [2.05, 4.69) is 5.32 Å². The van der Waals surface area contributed by atoms with Crippen LogP contribution in [0.25, 0.3) is 0 Å². The van der Waals surface area contributed by atoms with Gasteiger partial charge in [0.15, 0.2) is 0 Å². The first kappa shape index (κ1) is 25.2. The molecule has 0 spiro atoms. The van der Waals surface area contributed by atoms with Gasteiger partial charge < -0.3 is 29.4 Å². The maximum Gasteiger partial charge on any atom is 0.253 e.